The molecule has 20 heavy (non-hydrogen) atoms. The minimum atomic E-state index is -0.620. The van der Waals surface area contributed by atoms with E-state index in [4.69, 9.17) is 27.9 Å². The Kier molecular flexibility index (Phi) is 9.76. The maximum atomic E-state index is 11.8. The molecular weight excluding hydrogens is 323 g/mol. The van der Waals surface area contributed by atoms with E-state index < -0.39 is 6.10 Å². The van der Waals surface area contributed by atoms with E-state index in [1.165, 1.54) is 0 Å². The Morgan fingerprint density at radius 1 is 1.35 bits per heavy atom. The summed E-state index contributed by atoms with van der Waals surface area (Å²) in [6, 6.07) is 5.07. The number of amides is 1. The molecule has 0 spiro atoms. The molecule has 4 nitrogen and oxygen atoms in total. The van der Waals surface area contributed by atoms with Crippen LogP contribution in [0.15, 0.2) is 18.2 Å². The lowest BCUT2D eigenvalue weighted by Crippen LogP contribution is -2.37. The van der Waals surface area contributed by atoms with Crippen molar-refractivity contribution in [2.24, 2.45) is 0 Å². The van der Waals surface area contributed by atoms with Gasteiger partial charge in [-0.15, -0.1) is 12.4 Å². The second-order valence-electron chi connectivity index (χ2n) is 4.06. The number of hydrogen-bond donors (Lipinski definition) is 2. The van der Waals surface area contributed by atoms with Gasteiger partial charge in [0.25, 0.3) is 5.91 Å². The van der Waals surface area contributed by atoms with Crippen LogP contribution in [0.5, 0.6) is 5.75 Å². The summed E-state index contributed by atoms with van der Waals surface area (Å²) in [5.41, 5.74) is 0. The zero-order valence-corrected chi connectivity index (χ0v) is 13.7. The number of ether oxygens (including phenoxy) is 1. The van der Waals surface area contributed by atoms with Crippen LogP contribution in [0.25, 0.3) is 0 Å². The average molecular weight is 342 g/mol. The second-order valence-corrected chi connectivity index (χ2v) is 4.85. The van der Waals surface area contributed by atoms with Gasteiger partial charge in [-0.1, -0.05) is 29.3 Å². The molecule has 0 heterocycles. The summed E-state index contributed by atoms with van der Waals surface area (Å²) in [4.78, 5) is 11.8. The molecule has 1 atom stereocenters. The van der Waals surface area contributed by atoms with Gasteiger partial charge in [0.15, 0.2) is 6.10 Å². The van der Waals surface area contributed by atoms with Gasteiger partial charge in [0, 0.05) is 6.54 Å². The Morgan fingerprint density at radius 2 is 2.05 bits per heavy atom. The fourth-order valence-electron chi connectivity index (χ4n) is 1.44. The van der Waals surface area contributed by atoms with Crippen LogP contribution >= 0.6 is 35.6 Å². The quantitative estimate of drug-likeness (QED) is 0.750. The second kappa shape index (κ2) is 10.1. The molecule has 0 bridgehead atoms. The third-order valence-corrected chi connectivity index (χ3v) is 3.29. The lowest BCUT2D eigenvalue weighted by Gasteiger charge is -2.16. The summed E-state index contributed by atoms with van der Waals surface area (Å²) in [6.45, 7) is 3.14. The topological polar surface area (TPSA) is 50.4 Å². The maximum absolute atomic E-state index is 11.8. The fraction of sp³-hybridized carbons (Fsp3) is 0.462. The lowest BCUT2D eigenvalue weighted by atomic mass is 10.3. The molecule has 114 valence electrons. The van der Waals surface area contributed by atoms with Gasteiger partial charge in [-0.2, -0.15) is 0 Å². The minimum Gasteiger partial charge on any atom is -0.479 e. The van der Waals surface area contributed by atoms with Crippen molar-refractivity contribution in [2.45, 2.75) is 19.4 Å². The zero-order valence-electron chi connectivity index (χ0n) is 11.4. The van der Waals surface area contributed by atoms with E-state index in [2.05, 4.69) is 10.6 Å². The normalized spacial score (nSPS) is 11.4. The van der Waals surface area contributed by atoms with Gasteiger partial charge < -0.3 is 15.4 Å². The molecule has 1 aromatic carbocycles. The molecule has 1 amide bonds. The van der Waals surface area contributed by atoms with Gasteiger partial charge in [0.05, 0.1) is 5.02 Å². The number of carbonyl (C=O) groups is 1. The van der Waals surface area contributed by atoms with Crippen LogP contribution < -0.4 is 15.4 Å². The van der Waals surface area contributed by atoms with E-state index in [0.717, 1.165) is 13.0 Å². The molecule has 2 N–H and O–H groups in total. The van der Waals surface area contributed by atoms with Crippen molar-refractivity contribution in [3.05, 3.63) is 28.2 Å². The first-order valence-electron chi connectivity index (χ1n) is 6.09. The zero-order chi connectivity index (χ0) is 14.3. The van der Waals surface area contributed by atoms with Crippen LogP contribution in [-0.2, 0) is 4.79 Å². The van der Waals surface area contributed by atoms with Gasteiger partial charge in [-0.3, -0.25) is 4.79 Å². The first-order valence-corrected chi connectivity index (χ1v) is 6.84. The Morgan fingerprint density at radius 3 is 2.70 bits per heavy atom. The van der Waals surface area contributed by atoms with Crippen LogP contribution in [0.2, 0.25) is 10.0 Å². The lowest BCUT2D eigenvalue weighted by molar-refractivity contribution is -0.127. The Balaban J connectivity index is 0.00000361. The van der Waals surface area contributed by atoms with Crippen LogP contribution in [0.3, 0.4) is 0 Å². The molecule has 1 rings (SSSR count). The molecule has 0 saturated heterocycles. The fourth-order valence-corrected chi connectivity index (χ4v) is 1.78. The highest BCUT2D eigenvalue weighted by Crippen LogP contribution is 2.31. The highest BCUT2D eigenvalue weighted by molar-refractivity contribution is 6.42. The van der Waals surface area contributed by atoms with Crippen molar-refractivity contribution in [2.75, 3.05) is 20.1 Å². The summed E-state index contributed by atoms with van der Waals surface area (Å²) >= 11 is 11.9. The third-order valence-electron chi connectivity index (χ3n) is 2.49. The molecule has 0 aromatic heterocycles. The van der Waals surface area contributed by atoms with Gasteiger partial charge in [0.1, 0.15) is 10.8 Å². The Hall–Kier alpha value is -0.680. The van der Waals surface area contributed by atoms with Crippen molar-refractivity contribution >= 4 is 41.5 Å². The van der Waals surface area contributed by atoms with Crippen LogP contribution in [-0.4, -0.2) is 32.1 Å². The maximum Gasteiger partial charge on any atom is 0.260 e. The molecule has 0 aliphatic rings. The molecule has 1 unspecified atom stereocenters. The van der Waals surface area contributed by atoms with Crippen LogP contribution in [0.1, 0.15) is 13.3 Å². The summed E-state index contributed by atoms with van der Waals surface area (Å²) < 4.78 is 5.50. The number of rotatable bonds is 7. The first-order chi connectivity index (χ1) is 9.06. The standard InChI is InChI=1S/C13H18Cl2N2O2.ClH/c1-9(13(18)17-8-4-7-16-2)19-11-6-3-5-10(14)12(11)15;/h3,5-6,9,16H,4,7-8H2,1-2H3,(H,17,18);1H. The monoisotopic (exact) mass is 340 g/mol. The van der Waals surface area contributed by atoms with E-state index in [-0.39, 0.29) is 18.3 Å². The highest BCUT2D eigenvalue weighted by Gasteiger charge is 2.16. The van der Waals surface area contributed by atoms with Gasteiger partial charge in [0.2, 0.25) is 0 Å². The van der Waals surface area contributed by atoms with E-state index >= 15 is 0 Å². The Bertz CT molecular complexity index is 430. The van der Waals surface area contributed by atoms with Crippen molar-refractivity contribution in [1.29, 1.82) is 0 Å². The van der Waals surface area contributed by atoms with Gasteiger partial charge in [-0.05, 0) is 39.1 Å². The van der Waals surface area contributed by atoms with Gasteiger partial charge >= 0.3 is 0 Å². The number of nitrogens with one attached hydrogen (secondary N) is 2. The third kappa shape index (κ3) is 6.18. The Labute approximate surface area is 135 Å². The van der Waals surface area contributed by atoms with Crippen molar-refractivity contribution in [1.82, 2.24) is 10.6 Å². The largest absolute Gasteiger partial charge is 0.479 e. The summed E-state index contributed by atoms with van der Waals surface area (Å²) in [5.74, 6) is 0.235. The molecule has 1 aromatic rings. The number of carbonyl (C=O) groups excluding carboxylic acids is 1. The molecule has 0 aliphatic heterocycles. The van der Waals surface area contributed by atoms with E-state index in [9.17, 15) is 4.79 Å². The first kappa shape index (κ1) is 19.3. The predicted molar refractivity (Wildman–Crippen MR) is 85.4 cm³/mol. The van der Waals surface area contributed by atoms with E-state index in [1.54, 1.807) is 25.1 Å². The summed E-state index contributed by atoms with van der Waals surface area (Å²) in [7, 11) is 1.87. The average Bonchev–Trinajstić information content (AvgIpc) is 2.39. The van der Waals surface area contributed by atoms with Gasteiger partial charge in [-0.25, -0.2) is 0 Å². The number of halogens is 3. The van der Waals surface area contributed by atoms with Crippen LogP contribution in [0.4, 0.5) is 0 Å². The number of hydrogen-bond acceptors (Lipinski definition) is 3. The van der Waals surface area contributed by atoms with E-state index in [0.29, 0.717) is 22.3 Å². The van der Waals surface area contributed by atoms with Crippen LogP contribution in [0, 0.1) is 0 Å². The smallest absolute Gasteiger partial charge is 0.260 e. The van der Waals surface area contributed by atoms with Crippen molar-refractivity contribution in [3.8, 4) is 5.75 Å². The highest BCUT2D eigenvalue weighted by atomic mass is 35.5. The molecule has 0 saturated carbocycles. The van der Waals surface area contributed by atoms with Crippen molar-refractivity contribution < 1.29 is 9.53 Å². The molecule has 7 heteroatoms. The SMILES string of the molecule is CNCCCNC(=O)C(C)Oc1cccc(Cl)c1Cl.Cl. The molecule has 0 radical (unpaired) electrons. The minimum absolute atomic E-state index is 0. The summed E-state index contributed by atoms with van der Waals surface area (Å²) in [5, 5.41) is 6.52. The van der Waals surface area contributed by atoms with Crippen molar-refractivity contribution in [3.63, 3.8) is 0 Å². The summed E-state index contributed by atoms with van der Waals surface area (Å²) in [6.07, 6.45) is 0.248. The predicted octanol–water partition coefficient (Wildman–Crippen LogP) is 2.91. The van der Waals surface area contributed by atoms with E-state index in [1.807, 2.05) is 7.05 Å². The number of benzene rings is 1. The molecule has 0 aliphatic carbocycles. The molecular formula is C13H19Cl3N2O2. The molecule has 0 fully saturated rings.